The van der Waals surface area contributed by atoms with Gasteiger partial charge in [0.2, 0.25) is 10.0 Å². The topological polar surface area (TPSA) is 63.4 Å². The van der Waals surface area contributed by atoms with Crippen molar-refractivity contribution in [1.29, 1.82) is 0 Å². The van der Waals surface area contributed by atoms with Crippen LogP contribution in [0.15, 0.2) is 23.1 Å². The molecule has 0 atom stereocenters. The predicted octanol–water partition coefficient (Wildman–Crippen LogP) is 1.97. The van der Waals surface area contributed by atoms with Crippen LogP contribution in [0, 0.1) is 5.82 Å². The number of halogens is 1. The fourth-order valence-corrected chi connectivity index (χ4v) is 3.80. The molecule has 0 amide bonds. The average molecular weight is 272 g/mol. The Labute approximate surface area is 107 Å². The summed E-state index contributed by atoms with van der Waals surface area (Å²) in [5, 5.41) is 0. The molecular weight excluding hydrogens is 255 g/mol. The molecule has 4 nitrogen and oxygen atoms in total. The third-order valence-electron chi connectivity index (χ3n) is 2.94. The van der Waals surface area contributed by atoms with Crippen molar-refractivity contribution in [2.75, 3.05) is 12.3 Å². The van der Waals surface area contributed by atoms with Crippen LogP contribution < -0.4 is 5.73 Å². The van der Waals surface area contributed by atoms with E-state index in [9.17, 15) is 12.8 Å². The molecule has 0 unspecified atom stereocenters. The summed E-state index contributed by atoms with van der Waals surface area (Å²) >= 11 is 0. The van der Waals surface area contributed by atoms with E-state index in [2.05, 4.69) is 0 Å². The molecule has 0 radical (unpaired) electrons. The van der Waals surface area contributed by atoms with Crippen LogP contribution in [0.5, 0.6) is 0 Å². The Kier molecular flexibility index (Phi) is 3.59. The molecule has 0 aromatic heterocycles. The molecule has 0 spiro atoms. The van der Waals surface area contributed by atoms with E-state index in [1.165, 1.54) is 16.4 Å². The van der Waals surface area contributed by atoms with Gasteiger partial charge in [-0.3, -0.25) is 0 Å². The number of hydrogen-bond donors (Lipinski definition) is 1. The van der Waals surface area contributed by atoms with Crippen LogP contribution in [-0.4, -0.2) is 25.3 Å². The fraction of sp³-hybridized carbons (Fsp3) is 0.500. The van der Waals surface area contributed by atoms with Gasteiger partial charge >= 0.3 is 0 Å². The van der Waals surface area contributed by atoms with Crippen molar-refractivity contribution >= 4 is 15.7 Å². The van der Waals surface area contributed by atoms with Crippen LogP contribution in [-0.2, 0) is 10.0 Å². The van der Waals surface area contributed by atoms with E-state index in [-0.39, 0.29) is 16.6 Å². The minimum atomic E-state index is -3.77. The number of sulfonamides is 1. The lowest BCUT2D eigenvalue weighted by atomic mass is 10.3. The summed E-state index contributed by atoms with van der Waals surface area (Å²) in [6.07, 6.45) is 2.41. The number of hydrogen-bond acceptors (Lipinski definition) is 3. The Morgan fingerprint density at radius 1 is 1.44 bits per heavy atom. The van der Waals surface area contributed by atoms with E-state index < -0.39 is 15.8 Å². The highest BCUT2D eigenvalue weighted by molar-refractivity contribution is 7.89. The highest BCUT2D eigenvalue weighted by Gasteiger charge is 2.38. The predicted molar refractivity (Wildman–Crippen MR) is 68.0 cm³/mol. The van der Waals surface area contributed by atoms with Gasteiger partial charge in [-0.15, -0.1) is 0 Å². The van der Waals surface area contributed by atoms with Gasteiger partial charge in [0.25, 0.3) is 0 Å². The lowest BCUT2D eigenvalue weighted by Gasteiger charge is -2.21. The van der Waals surface area contributed by atoms with Crippen molar-refractivity contribution in [3.05, 3.63) is 24.0 Å². The Balaban J connectivity index is 2.42. The summed E-state index contributed by atoms with van der Waals surface area (Å²) in [7, 11) is -3.77. The van der Waals surface area contributed by atoms with Crippen molar-refractivity contribution in [3.8, 4) is 0 Å². The molecule has 18 heavy (non-hydrogen) atoms. The van der Waals surface area contributed by atoms with Gasteiger partial charge < -0.3 is 5.73 Å². The lowest BCUT2D eigenvalue weighted by Crippen LogP contribution is -2.34. The highest BCUT2D eigenvalue weighted by atomic mass is 32.2. The molecule has 1 fully saturated rings. The molecular formula is C12H17FN2O2S. The zero-order chi connectivity index (χ0) is 13.3. The van der Waals surface area contributed by atoms with Crippen molar-refractivity contribution in [1.82, 2.24) is 4.31 Å². The van der Waals surface area contributed by atoms with E-state index in [0.717, 1.165) is 18.9 Å². The normalized spacial score (nSPS) is 16.2. The molecule has 2 rings (SSSR count). The smallest absolute Gasteiger partial charge is 0.246 e. The van der Waals surface area contributed by atoms with Gasteiger partial charge in [-0.05, 0) is 37.5 Å². The molecule has 1 aromatic carbocycles. The van der Waals surface area contributed by atoms with E-state index in [1.54, 1.807) is 0 Å². The third kappa shape index (κ3) is 2.49. The van der Waals surface area contributed by atoms with Gasteiger partial charge in [0.05, 0.1) is 0 Å². The Morgan fingerprint density at radius 2 is 2.11 bits per heavy atom. The SMILES string of the molecule is CCCN(C1CC1)S(=O)(=O)c1cc(N)ccc1F. The molecule has 1 aliphatic carbocycles. The summed E-state index contributed by atoms with van der Waals surface area (Å²) in [6, 6.07) is 3.67. The molecule has 0 saturated heterocycles. The molecule has 2 N–H and O–H groups in total. The maximum atomic E-state index is 13.7. The van der Waals surface area contributed by atoms with Crippen LogP contribution >= 0.6 is 0 Å². The number of nitrogens with two attached hydrogens (primary N) is 1. The van der Waals surface area contributed by atoms with Gasteiger partial charge in [-0.1, -0.05) is 6.92 Å². The van der Waals surface area contributed by atoms with Crippen molar-refractivity contribution in [2.24, 2.45) is 0 Å². The monoisotopic (exact) mass is 272 g/mol. The standard InChI is InChI=1S/C12H17FN2O2S/c1-2-7-15(10-4-5-10)18(16,17)12-8-9(14)3-6-11(12)13/h3,6,8,10H,2,4-5,7,14H2,1H3. The molecule has 100 valence electrons. The van der Waals surface area contributed by atoms with Crippen LogP contribution in [0.2, 0.25) is 0 Å². The second-order valence-corrected chi connectivity index (χ2v) is 6.40. The first kappa shape index (κ1) is 13.3. The first-order chi connectivity index (χ1) is 8.46. The minimum absolute atomic E-state index is 0.0239. The number of rotatable bonds is 5. The summed E-state index contributed by atoms with van der Waals surface area (Å²) < 4.78 is 39.9. The molecule has 1 aromatic rings. The molecule has 1 saturated carbocycles. The zero-order valence-corrected chi connectivity index (χ0v) is 11.1. The number of benzene rings is 1. The van der Waals surface area contributed by atoms with Gasteiger partial charge in [0.15, 0.2) is 0 Å². The summed E-state index contributed by atoms with van der Waals surface area (Å²) in [5.74, 6) is -0.744. The molecule has 0 aliphatic heterocycles. The fourth-order valence-electron chi connectivity index (χ4n) is 1.93. The van der Waals surface area contributed by atoms with E-state index in [4.69, 9.17) is 5.73 Å². The number of anilines is 1. The molecule has 0 heterocycles. The van der Waals surface area contributed by atoms with Crippen LogP contribution in [0.3, 0.4) is 0 Å². The summed E-state index contributed by atoms with van der Waals surface area (Å²) in [5.41, 5.74) is 5.79. The second kappa shape index (κ2) is 4.85. The van der Waals surface area contributed by atoms with Crippen molar-refractivity contribution in [2.45, 2.75) is 37.1 Å². The minimum Gasteiger partial charge on any atom is -0.399 e. The van der Waals surface area contributed by atoms with E-state index >= 15 is 0 Å². The average Bonchev–Trinajstić information content (AvgIpc) is 3.13. The van der Waals surface area contributed by atoms with Gasteiger partial charge in [0, 0.05) is 18.3 Å². The van der Waals surface area contributed by atoms with Crippen LogP contribution in [0.4, 0.5) is 10.1 Å². The summed E-state index contributed by atoms with van der Waals surface area (Å²) in [4.78, 5) is -0.317. The quantitative estimate of drug-likeness (QED) is 0.833. The maximum absolute atomic E-state index is 13.7. The second-order valence-electron chi connectivity index (χ2n) is 4.54. The van der Waals surface area contributed by atoms with Gasteiger partial charge in [0.1, 0.15) is 10.7 Å². The van der Waals surface area contributed by atoms with Crippen molar-refractivity contribution in [3.63, 3.8) is 0 Å². The van der Waals surface area contributed by atoms with Gasteiger partial charge in [-0.2, -0.15) is 4.31 Å². The van der Waals surface area contributed by atoms with Crippen molar-refractivity contribution < 1.29 is 12.8 Å². The number of nitrogens with zero attached hydrogens (tertiary/aromatic N) is 1. The van der Waals surface area contributed by atoms with Crippen LogP contribution in [0.25, 0.3) is 0 Å². The third-order valence-corrected chi connectivity index (χ3v) is 4.91. The number of nitrogen functional groups attached to an aromatic ring is 1. The Hall–Kier alpha value is -1.14. The largest absolute Gasteiger partial charge is 0.399 e. The first-order valence-electron chi connectivity index (χ1n) is 6.03. The van der Waals surface area contributed by atoms with Crippen LogP contribution in [0.1, 0.15) is 26.2 Å². The Morgan fingerprint density at radius 3 is 2.67 bits per heavy atom. The molecule has 6 heteroatoms. The van der Waals surface area contributed by atoms with E-state index in [1.807, 2.05) is 6.92 Å². The first-order valence-corrected chi connectivity index (χ1v) is 7.47. The molecule has 0 bridgehead atoms. The zero-order valence-electron chi connectivity index (χ0n) is 10.3. The van der Waals surface area contributed by atoms with E-state index in [0.29, 0.717) is 13.0 Å². The lowest BCUT2D eigenvalue weighted by molar-refractivity contribution is 0.400. The maximum Gasteiger partial charge on any atom is 0.246 e. The van der Waals surface area contributed by atoms with Gasteiger partial charge in [-0.25, -0.2) is 12.8 Å². The highest BCUT2D eigenvalue weighted by Crippen LogP contribution is 2.33. The molecule has 1 aliphatic rings. The summed E-state index contributed by atoms with van der Waals surface area (Å²) in [6.45, 7) is 2.32. The Bertz CT molecular complexity index is 541.